The van der Waals surface area contributed by atoms with Crippen molar-refractivity contribution in [1.29, 1.82) is 0 Å². The molecule has 0 amide bonds. The van der Waals surface area contributed by atoms with E-state index in [-0.39, 0.29) is 0 Å². The van der Waals surface area contributed by atoms with Gasteiger partial charge in [0.2, 0.25) is 0 Å². The number of hydrogen-bond acceptors (Lipinski definition) is 1. The van der Waals surface area contributed by atoms with Gasteiger partial charge in [0.15, 0.2) is 0 Å². The summed E-state index contributed by atoms with van der Waals surface area (Å²) in [6, 6.07) is 55.3. The topological polar surface area (TPSA) is 17.8 Å². The number of nitrogens with zero attached hydrogens (tertiary/aromatic N) is 2. The van der Waals surface area contributed by atoms with Crippen molar-refractivity contribution in [3.05, 3.63) is 158 Å². The van der Waals surface area contributed by atoms with E-state index in [9.17, 15) is 0 Å². The highest BCUT2D eigenvalue weighted by atomic mass is 15.0. The van der Waals surface area contributed by atoms with Crippen molar-refractivity contribution in [3.63, 3.8) is 0 Å². The Hall–Kier alpha value is -5.99. The largest absolute Gasteiger partial charge is 0.309 e. The molecule has 0 bridgehead atoms. The molecule has 0 radical (unpaired) electrons. The van der Waals surface area contributed by atoms with Crippen molar-refractivity contribution in [3.8, 4) is 50.2 Å². The van der Waals surface area contributed by atoms with Gasteiger partial charge < -0.3 is 4.57 Å². The molecular formula is C43H26N2. The summed E-state index contributed by atoms with van der Waals surface area (Å²) in [5.74, 6) is 0. The van der Waals surface area contributed by atoms with E-state index in [1.54, 1.807) is 0 Å². The average molecular weight is 571 g/mol. The first-order valence-corrected chi connectivity index (χ1v) is 15.5. The average Bonchev–Trinajstić information content (AvgIpc) is 3.63. The first-order valence-electron chi connectivity index (χ1n) is 15.5. The Labute approximate surface area is 260 Å². The lowest BCUT2D eigenvalue weighted by Gasteiger charge is -2.11. The molecule has 45 heavy (non-hydrogen) atoms. The molecule has 2 nitrogen and oxygen atoms in total. The molecule has 10 rings (SSSR count). The van der Waals surface area contributed by atoms with Crippen LogP contribution in [0.1, 0.15) is 0 Å². The van der Waals surface area contributed by atoms with Gasteiger partial charge >= 0.3 is 0 Å². The Bertz CT molecular complexity index is 2600. The number of pyridine rings is 1. The number of hydrogen-bond donors (Lipinski definition) is 0. The third kappa shape index (κ3) is 3.48. The molecule has 1 aliphatic carbocycles. The second-order valence-electron chi connectivity index (χ2n) is 11.9. The Kier molecular flexibility index (Phi) is 5.03. The normalized spacial score (nSPS) is 12.0. The molecule has 0 N–H and O–H groups in total. The van der Waals surface area contributed by atoms with Gasteiger partial charge in [-0.15, -0.1) is 0 Å². The molecule has 0 unspecified atom stereocenters. The fourth-order valence-electron chi connectivity index (χ4n) is 7.61. The van der Waals surface area contributed by atoms with Crippen LogP contribution in [0.5, 0.6) is 0 Å². The highest BCUT2D eigenvalue weighted by molar-refractivity contribution is 6.21. The summed E-state index contributed by atoms with van der Waals surface area (Å²) in [6.45, 7) is 0. The molecule has 0 spiro atoms. The van der Waals surface area contributed by atoms with Gasteiger partial charge in [-0.1, -0.05) is 115 Å². The van der Waals surface area contributed by atoms with Crippen molar-refractivity contribution in [2.75, 3.05) is 0 Å². The lowest BCUT2D eigenvalue weighted by molar-refractivity contribution is 1.18. The molecule has 0 saturated carbocycles. The second-order valence-corrected chi connectivity index (χ2v) is 11.9. The maximum Gasteiger partial charge on any atom is 0.0709 e. The molecule has 208 valence electrons. The van der Waals surface area contributed by atoms with E-state index >= 15 is 0 Å². The number of benzene rings is 7. The summed E-state index contributed by atoms with van der Waals surface area (Å²) in [7, 11) is 0. The van der Waals surface area contributed by atoms with E-state index in [1.165, 1.54) is 82.5 Å². The zero-order valence-corrected chi connectivity index (χ0v) is 24.4. The van der Waals surface area contributed by atoms with Gasteiger partial charge in [-0.2, -0.15) is 0 Å². The highest BCUT2D eigenvalue weighted by Crippen LogP contribution is 2.49. The summed E-state index contributed by atoms with van der Waals surface area (Å²) in [6.07, 6.45) is 1.87. The lowest BCUT2D eigenvalue weighted by Crippen LogP contribution is -1.93. The molecular weight excluding hydrogens is 544 g/mol. The van der Waals surface area contributed by atoms with Crippen LogP contribution in [-0.4, -0.2) is 9.55 Å². The van der Waals surface area contributed by atoms with Crippen LogP contribution in [0.15, 0.2) is 158 Å². The van der Waals surface area contributed by atoms with Gasteiger partial charge in [-0.25, -0.2) is 0 Å². The standard InChI is InChI=1S/C43H26N2/c1-2-8-30(9-3-1)45-40-24-23-39-37(14-7-25-44-39)43(40)38-20-19-29(26-41(38)45)27-15-17-28(18-16-27)31-21-22-36-33-11-5-4-10-32(33)35-13-6-12-34(31)42(35)36/h1-26H. The Balaban J connectivity index is 1.12. The van der Waals surface area contributed by atoms with Crippen molar-refractivity contribution < 1.29 is 0 Å². The van der Waals surface area contributed by atoms with Crippen LogP contribution in [0.4, 0.5) is 0 Å². The molecule has 1 aliphatic rings. The first kappa shape index (κ1) is 24.5. The highest BCUT2D eigenvalue weighted by Gasteiger charge is 2.22. The summed E-state index contributed by atoms with van der Waals surface area (Å²) < 4.78 is 2.39. The van der Waals surface area contributed by atoms with E-state index in [0.717, 1.165) is 11.2 Å². The minimum Gasteiger partial charge on any atom is -0.309 e. The van der Waals surface area contributed by atoms with Gasteiger partial charge in [0, 0.05) is 28.0 Å². The van der Waals surface area contributed by atoms with Crippen LogP contribution < -0.4 is 0 Å². The molecule has 2 heteroatoms. The van der Waals surface area contributed by atoms with Crippen molar-refractivity contribution in [2.24, 2.45) is 0 Å². The Morgan fingerprint density at radius 2 is 1.07 bits per heavy atom. The molecule has 0 fully saturated rings. The molecule has 0 aliphatic heterocycles. The maximum atomic E-state index is 4.65. The van der Waals surface area contributed by atoms with Crippen LogP contribution in [0.2, 0.25) is 0 Å². The number of aromatic nitrogens is 2. The Morgan fingerprint density at radius 1 is 0.378 bits per heavy atom. The van der Waals surface area contributed by atoms with Gasteiger partial charge in [0.25, 0.3) is 0 Å². The summed E-state index contributed by atoms with van der Waals surface area (Å²) >= 11 is 0. The van der Waals surface area contributed by atoms with E-state index in [4.69, 9.17) is 0 Å². The predicted molar refractivity (Wildman–Crippen MR) is 189 cm³/mol. The number of fused-ring (bicyclic) bond motifs is 8. The third-order valence-corrected chi connectivity index (χ3v) is 9.60. The fraction of sp³-hybridized carbons (Fsp3) is 0. The van der Waals surface area contributed by atoms with Crippen LogP contribution in [0, 0.1) is 0 Å². The van der Waals surface area contributed by atoms with E-state index < -0.39 is 0 Å². The predicted octanol–water partition coefficient (Wildman–Crippen LogP) is 11.5. The second kappa shape index (κ2) is 9.25. The zero-order chi connectivity index (χ0) is 29.5. The van der Waals surface area contributed by atoms with Crippen LogP contribution in [0.3, 0.4) is 0 Å². The zero-order valence-electron chi connectivity index (χ0n) is 24.4. The third-order valence-electron chi connectivity index (χ3n) is 9.60. The quantitative estimate of drug-likeness (QED) is 0.207. The van der Waals surface area contributed by atoms with Gasteiger partial charge in [0.1, 0.15) is 0 Å². The smallest absolute Gasteiger partial charge is 0.0709 e. The SMILES string of the molecule is c1ccc(-n2c3cc(-c4ccc(-c5ccc6c7c(cccc57)-c5ccccc5-6)cc4)ccc3c3c4cccnc4ccc32)cc1. The molecule has 9 aromatic rings. The molecule has 0 atom stereocenters. The van der Waals surface area contributed by atoms with Gasteiger partial charge in [-0.05, 0) is 91.7 Å². The first-order chi connectivity index (χ1) is 22.3. The molecule has 2 aromatic heterocycles. The monoisotopic (exact) mass is 570 g/mol. The van der Waals surface area contributed by atoms with Gasteiger partial charge in [0.05, 0.1) is 16.6 Å². The van der Waals surface area contributed by atoms with E-state index in [2.05, 4.69) is 155 Å². The molecule has 7 aromatic carbocycles. The summed E-state index contributed by atoms with van der Waals surface area (Å²) in [5, 5.41) is 6.34. The molecule has 2 heterocycles. The Morgan fingerprint density at radius 3 is 1.91 bits per heavy atom. The van der Waals surface area contributed by atoms with E-state index in [0.29, 0.717) is 0 Å². The maximum absolute atomic E-state index is 4.65. The van der Waals surface area contributed by atoms with Crippen molar-refractivity contribution in [1.82, 2.24) is 9.55 Å². The summed E-state index contributed by atoms with van der Waals surface area (Å²) in [5.41, 5.74) is 14.8. The summed E-state index contributed by atoms with van der Waals surface area (Å²) in [4.78, 5) is 4.65. The van der Waals surface area contributed by atoms with Crippen LogP contribution >= 0.6 is 0 Å². The van der Waals surface area contributed by atoms with Gasteiger partial charge in [-0.3, -0.25) is 4.98 Å². The number of para-hydroxylation sites is 1. The van der Waals surface area contributed by atoms with Crippen molar-refractivity contribution in [2.45, 2.75) is 0 Å². The minimum absolute atomic E-state index is 1.02. The molecule has 0 saturated heterocycles. The van der Waals surface area contributed by atoms with Crippen molar-refractivity contribution >= 4 is 43.5 Å². The lowest BCUT2D eigenvalue weighted by atomic mass is 9.93. The number of rotatable bonds is 3. The minimum atomic E-state index is 1.02. The van der Waals surface area contributed by atoms with E-state index in [1.807, 2.05) is 12.3 Å². The van der Waals surface area contributed by atoms with Crippen LogP contribution in [0.25, 0.3) is 93.7 Å². The fourth-order valence-corrected chi connectivity index (χ4v) is 7.61. The van der Waals surface area contributed by atoms with Crippen LogP contribution in [-0.2, 0) is 0 Å².